The average molecular weight is 513 g/mol. The van der Waals surface area contributed by atoms with Gasteiger partial charge in [-0.3, -0.25) is 0 Å². The zero-order chi connectivity index (χ0) is 26.5. The quantitative estimate of drug-likeness (QED) is 0.252. The molecule has 1 heterocycles. The molecule has 3 aromatic rings. The van der Waals surface area contributed by atoms with Gasteiger partial charge in [0.1, 0.15) is 11.6 Å². The van der Waals surface area contributed by atoms with Gasteiger partial charge in [-0.05, 0) is 63.8 Å². The number of benzene rings is 2. The molecule has 2 aromatic carbocycles. The maximum absolute atomic E-state index is 13.3. The van der Waals surface area contributed by atoms with Crippen molar-refractivity contribution in [3.8, 4) is 17.0 Å². The molecule has 0 fully saturated rings. The van der Waals surface area contributed by atoms with E-state index in [1.54, 1.807) is 6.07 Å². The van der Waals surface area contributed by atoms with Gasteiger partial charge in [-0.25, -0.2) is 4.98 Å². The largest absolute Gasteiger partial charge is 0.573 e. The highest BCUT2D eigenvalue weighted by Crippen LogP contribution is 2.36. The van der Waals surface area contributed by atoms with Crippen molar-refractivity contribution >= 4 is 17.5 Å². The second-order valence-corrected chi connectivity index (χ2v) is 8.22. The fourth-order valence-corrected chi connectivity index (χ4v) is 3.40. The normalized spacial score (nSPS) is 12.1. The number of ether oxygens (including phenoxy) is 1. The van der Waals surface area contributed by atoms with Crippen LogP contribution in [0.5, 0.6) is 5.75 Å². The minimum Gasteiger partial charge on any atom is -0.406 e. The third-order valence-electron chi connectivity index (χ3n) is 5.06. The van der Waals surface area contributed by atoms with Gasteiger partial charge in [0, 0.05) is 23.9 Å². The van der Waals surface area contributed by atoms with Crippen molar-refractivity contribution in [2.75, 3.05) is 37.8 Å². The van der Waals surface area contributed by atoms with E-state index in [0.29, 0.717) is 12.1 Å². The lowest BCUT2D eigenvalue weighted by Gasteiger charge is -2.16. The summed E-state index contributed by atoms with van der Waals surface area (Å²) in [4.78, 5) is 10.7. The first kappa shape index (κ1) is 27.1. The van der Waals surface area contributed by atoms with Crippen molar-refractivity contribution in [3.63, 3.8) is 0 Å². The monoisotopic (exact) mass is 513 g/mol. The molecule has 0 aliphatic rings. The van der Waals surface area contributed by atoms with Gasteiger partial charge >= 0.3 is 12.5 Å². The van der Waals surface area contributed by atoms with E-state index in [1.165, 1.54) is 37.3 Å². The Morgan fingerprint density at radius 2 is 1.67 bits per heavy atom. The molecule has 0 atom stereocenters. The van der Waals surface area contributed by atoms with E-state index in [9.17, 15) is 26.3 Å². The van der Waals surface area contributed by atoms with Crippen LogP contribution in [0.1, 0.15) is 17.5 Å². The minimum absolute atomic E-state index is 0.0220. The van der Waals surface area contributed by atoms with Gasteiger partial charge in [0.2, 0.25) is 5.95 Å². The van der Waals surface area contributed by atoms with E-state index in [4.69, 9.17) is 0 Å². The molecule has 2 N–H and O–H groups in total. The molecule has 0 aliphatic carbocycles. The fourth-order valence-electron chi connectivity index (χ4n) is 3.40. The Kier molecular flexibility index (Phi) is 8.28. The Hall–Kier alpha value is -3.54. The number of aromatic nitrogens is 2. The summed E-state index contributed by atoms with van der Waals surface area (Å²) >= 11 is 0. The molecule has 3 rings (SSSR count). The summed E-state index contributed by atoms with van der Waals surface area (Å²) in [5.74, 6) is -0.0949. The SMILES string of the molecule is Cc1c(Nc2cc(-c3cccc(OC(F)(F)F)c3)nc(NCCCN(C)C)n2)cccc1C(F)(F)F. The predicted molar refractivity (Wildman–Crippen MR) is 125 cm³/mol. The van der Waals surface area contributed by atoms with Gasteiger partial charge in [-0.15, -0.1) is 13.2 Å². The summed E-state index contributed by atoms with van der Waals surface area (Å²) in [5.41, 5.74) is -0.0756. The number of anilines is 3. The molecule has 12 heteroatoms. The lowest BCUT2D eigenvalue weighted by Crippen LogP contribution is -2.17. The smallest absolute Gasteiger partial charge is 0.406 e. The van der Waals surface area contributed by atoms with Crippen LogP contribution in [0.4, 0.5) is 43.8 Å². The fraction of sp³-hybridized carbons (Fsp3) is 0.333. The van der Waals surface area contributed by atoms with Gasteiger partial charge in [-0.2, -0.15) is 18.2 Å². The molecular weight excluding hydrogens is 488 g/mol. The number of hydrogen-bond donors (Lipinski definition) is 2. The molecule has 36 heavy (non-hydrogen) atoms. The van der Waals surface area contributed by atoms with Crippen LogP contribution in [0.3, 0.4) is 0 Å². The van der Waals surface area contributed by atoms with E-state index in [0.717, 1.165) is 25.1 Å². The average Bonchev–Trinajstić information content (AvgIpc) is 2.76. The molecular formula is C24H25F6N5O. The second-order valence-electron chi connectivity index (χ2n) is 8.22. The Morgan fingerprint density at radius 3 is 2.33 bits per heavy atom. The Labute approximate surface area is 204 Å². The summed E-state index contributed by atoms with van der Waals surface area (Å²) in [5, 5.41) is 5.95. The van der Waals surface area contributed by atoms with Crippen LogP contribution in [0.2, 0.25) is 0 Å². The van der Waals surface area contributed by atoms with Crippen LogP contribution >= 0.6 is 0 Å². The van der Waals surface area contributed by atoms with Gasteiger partial charge in [0.15, 0.2) is 0 Å². The van der Waals surface area contributed by atoms with Crippen molar-refractivity contribution < 1.29 is 31.1 Å². The lowest BCUT2D eigenvalue weighted by molar-refractivity contribution is -0.274. The molecule has 0 saturated carbocycles. The highest BCUT2D eigenvalue weighted by molar-refractivity contribution is 5.70. The van der Waals surface area contributed by atoms with Gasteiger partial charge in [0.25, 0.3) is 0 Å². The van der Waals surface area contributed by atoms with Gasteiger partial charge in [0.05, 0.1) is 11.3 Å². The third-order valence-corrected chi connectivity index (χ3v) is 5.06. The zero-order valence-corrected chi connectivity index (χ0v) is 19.8. The second kappa shape index (κ2) is 11.0. The molecule has 0 saturated heterocycles. The summed E-state index contributed by atoms with van der Waals surface area (Å²) in [6.07, 6.45) is -8.64. The van der Waals surface area contributed by atoms with Gasteiger partial charge in [-0.1, -0.05) is 18.2 Å². The summed E-state index contributed by atoms with van der Waals surface area (Å²) in [6.45, 7) is 2.63. The Morgan fingerprint density at radius 1 is 0.944 bits per heavy atom. The first-order valence-electron chi connectivity index (χ1n) is 10.9. The molecule has 0 unspecified atom stereocenters. The van der Waals surface area contributed by atoms with Crippen molar-refractivity contribution in [2.24, 2.45) is 0 Å². The van der Waals surface area contributed by atoms with Crippen LogP contribution in [-0.2, 0) is 6.18 Å². The zero-order valence-electron chi connectivity index (χ0n) is 19.8. The number of alkyl halides is 6. The van der Waals surface area contributed by atoms with Crippen molar-refractivity contribution in [3.05, 3.63) is 59.7 Å². The first-order valence-corrected chi connectivity index (χ1v) is 10.9. The molecule has 0 amide bonds. The van der Waals surface area contributed by atoms with E-state index < -0.39 is 23.9 Å². The predicted octanol–water partition coefficient (Wildman–Crippen LogP) is 6.48. The van der Waals surface area contributed by atoms with Crippen molar-refractivity contribution in [1.82, 2.24) is 14.9 Å². The van der Waals surface area contributed by atoms with Gasteiger partial charge < -0.3 is 20.3 Å². The number of rotatable bonds is 9. The first-order chi connectivity index (χ1) is 16.8. The number of hydrogen-bond acceptors (Lipinski definition) is 6. The maximum atomic E-state index is 13.3. The van der Waals surface area contributed by atoms with Crippen molar-refractivity contribution in [1.29, 1.82) is 0 Å². The van der Waals surface area contributed by atoms with Crippen LogP contribution in [-0.4, -0.2) is 48.4 Å². The molecule has 0 bridgehead atoms. The molecule has 0 radical (unpaired) electrons. The van der Waals surface area contributed by atoms with E-state index in [-0.39, 0.29) is 28.7 Å². The third kappa shape index (κ3) is 7.74. The van der Waals surface area contributed by atoms with E-state index in [1.807, 2.05) is 19.0 Å². The van der Waals surface area contributed by atoms with Crippen LogP contribution in [0.15, 0.2) is 48.5 Å². The number of nitrogens with one attached hydrogen (secondary N) is 2. The highest BCUT2D eigenvalue weighted by Gasteiger charge is 2.33. The van der Waals surface area contributed by atoms with E-state index >= 15 is 0 Å². The number of nitrogens with zero attached hydrogens (tertiary/aromatic N) is 3. The highest BCUT2D eigenvalue weighted by atomic mass is 19.4. The Bertz CT molecular complexity index is 1180. The van der Waals surface area contributed by atoms with Crippen LogP contribution < -0.4 is 15.4 Å². The van der Waals surface area contributed by atoms with Crippen LogP contribution in [0.25, 0.3) is 11.3 Å². The standard InChI is InChI=1S/C24H25F6N5O/c1-15-18(23(25,26)27)9-5-10-19(15)32-21-14-20(33-22(34-21)31-11-6-12-35(2)3)16-7-4-8-17(13-16)36-24(28,29)30/h4-5,7-10,13-14H,6,11-12H2,1-3H3,(H2,31,32,33,34). The molecule has 6 nitrogen and oxygen atoms in total. The summed E-state index contributed by atoms with van der Waals surface area (Å²) in [7, 11) is 3.85. The lowest BCUT2D eigenvalue weighted by atomic mass is 10.1. The Balaban J connectivity index is 1.97. The van der Waals surface area contributed by atoms with E-state index in [2.05, 4.69) is 25.3 Å². The maximum Gasteiger partial charge on any atom is 0.573 e. The van der Waals surface area contributed by atoms with Crippen molar-refractivity contribution in [2.45, 2.75) is 25.9 Å². The summed E-state index contributed by atoms with van der Waals surface area (Å²) < 4.78 is 82.1. The number of halogens is 6. The van der Waals surface area contributed by atoms with Crippen LogP contribution in [0, 0.1) is 6.92 Å². The molecule has 1 aromatic heterocycles. The molecule has 0 spiro atoms. The molecule has 0 aliphatic heterocycles. The molecule has 194 valence electrons. The summed E-state index contributed by atoms with van der Waals surface area (Å²) in [6, 6.07) is 10.4. The topological polar surface area (TPSA) is 62.3 Å². The minimum atomic E-state index is -4.86.